The van der Waals surface area contributed by atoms with Crippen molar-refractivity contribution in [3.05, 3.63) is 65.2 Å². The van der Waals surface area contributed by atoms with Crippen molar-refractivity contribution in [2.75, 3.05) is 5.32 Å². The summed E-state index contributed by atoms with van der Waals surface area (Å²) in [6, 6.07) is 12.7. The quantitative estimate of drug-likeness (QED) is 0.497. The van der Waals surface area contributed by atoms with Crippen molar-refractivity contribution in [2.24, 2.45) is 5.10 Å². The van der Waals surface area contributed by atoms with Gasteiger partial charge in [-0.2, -0.15) is 18.3 Å². The Hall–Kier alpha value is -2.41. The van der Waals surface area contributed by atoms with Crippen LogP contribution in [0.2, 0.25) is 0 Å². The van der Waals surface area contributed by atoms with Crippen LogP contribution in [0.25, 0.3) is 0 Å². The van der Waals surface area contributed by atoms with Gasteiger partial charge in [-0.05, 0) is 36.8 Å². The number of rotatable bonds is 3. The fourth-order valence-corrected chi connectivity index (χ4v) is 1.97. The molecule has 0 aromatic heterocycles. The second kappa shape index (κ2) is 7.23. The zero-order valence-corrected chi connectivity index (χ0v) is 13.0. The molecule has 120 valence electrons. The summed E-state index contributed by atoms with van der Waals surface area (Å²) in [5.41, 5.74) is 3.56. The molecule has 0 saturated heterocycles. The highest BCUT2D eigenvalue weighted by atomic mass is 32.1. The summed E-state index contributed by atoms with van der Waals surface area (Å²) in [7, 11) is 0. The molecule has 0 bridgehead atoms. The van der Waals surface area contributed by atoms with Gasteiger partial charge >= 0.3 is 6.18 Å². The lowest BCUT2D eigenvalue weighted by Gasteiger charge is -2.14. The van der Waals surface area contributed by atoms with Crippen molar-refractivity contribution in [2.45, 2.75) is 13.1 Å². The molecular formula is C16H14F3N3S. The van der Waals surface area contributed by atoms with Crippen LogP contribution < -0.4 is 10.7 Å². The molecule has 7 heteroatoms. The van der Waals surface area contributed by atoms with Gasteiger partial charge in [0.2, 0.25) is 0 Å². The van der Waals surface area contributed by atoms with Gasteiger partial charge in [0.1, 0.15) is 0 Å². The first-order chi connectivity index (χ1) is 10.9. The Morgan fingerprint density at radius 3 is 2.39 bits per heavy atom. The predicted molar refractivity (Wildman–Crippen MR) is 89.6 cm³/mol. The SMILES string of the molecule is Cc1ccc(/C=N/NC(=S)Nc2ccccc2C(F)(F)F)cc1. The molecule has 23 heavy (non-hydrogen) atoms. The van der Waals surface area contributed by atoms with Crippen LogP contribution in [-0.2, 0) is 6.18 Å². The number of hydrogen-bond acceptors (Lipinski definition) is 2. The Labute approximate surface area is 137 Å². The van der Waals surface area contributed by atoms with Crippen LogP contribution in [0, 0.1) is 6.92 Å². The van der Waals surface area contributed by atoms with E-state index in [-0.39, 0.29) is 10.8 Å². The van der Waals surface area contributed by atoms with E-state index in [1.165, 1.54) is 24.4 Å². The van der Waals surface area contributed by atoms with E-state index >= 15 is 0 Å². The molecule has 0 aliphatic rings. The summed E-state index contributed by atoms with van der Waals surface area (Å²) in [4.78, 5) is 0. The minimum atomic E-state index is -4.45. The van der Waals surface area contributed by atoms with Crippen LogP contribution >= 0.6 is 12.2 Å². The molecule has 2 aromatic rings. The molecular weight excluding hydrogens is 323 g/mol. The average Bonchev–Trinajstić information content (AvgIpc) is 2.49. The van der Waals surface area contributed by atoms with Crippen LogP contribution in [0.15, 0.2) is 53.6 Å². The maximum absolute atomic E-state index is 12.9. The first-order valence-electron chi connectivity index (χ1n) is 6.69. The van der Waals surface area contributed by atoms with Crippen molar-refractivity contribution < 1.29 is 13.2 Å². The molecule has 0 heterocycles. The number of alkyl halides is 3. The second-order valence-electron chi connectivity index (χ2n) is 4.78. The number of anilines is 1. The summed E-state index contributed by atoms with van der Waals surface area (Å²) in [5, 5.41) is 6.38. The third-order valence-corrected chi connectivity index (χ3v) is 3.13. The lowest BCUT2D eigenvalue weighted by molar-refractivity contribution is -0.136. The fraction of sp³-hybridized carbons (Fsp3) is 0.125. The van der Waals surface area contributed by atoms with Gasteiger partial charge in [-0.3, -0.25) is 5.43 Å². The van der Waals surface area contributed by atoms with Crippen LogP contribution in [0.5, 0.6) is 0 Å². The summed E-state index contributed by atoms with van der Waals surface area (Å²) in [5.74, 6) is 0. The van der Waals surface area contributed by atoms with E-state index in [0.717, 1.165) is 17.2 Å². The van der Waals surface area contributed by atoms with Crippen LogP contribution in [0.1, 0.15) is 16.7 Å². The molecule has 0 saturated carbocycles. The second-order valence-corrected chi connectivity index (χ2v) is 5.19. The Bertz CT molecular complexity index is 709. The highest BCUT2D eigenvalue weighted by Gasteiger charge is 2.33. The number of nitrogens with zero attached hydrogens (tertiary/aromatic N) is 1. The lowest BCUT2D eigenvalue weighted by atomic mass is 10.2. The molecule has 3 nitrogen and oxygen atoms in total. The van der Waals surface area contributed by atoms with Gasteiger partial charge < -0.3 is 5.32 Å². The van der Waals surface area contributed by atoms with Gasteiger partial charge in [0.25, 0.3) is 0 Å². The average molecular weight is 337 g/mol. The van der Waals surface area contributed by atoms with Gasteiger partial charge in [0.05, 0.1) is 17.5 Å². The van der Waals surface area contributed by atoms with E-state index in [0.29, 0.717) is 0 Å². The third-order valence-electron chi connectivity index (χ3n) is 2.94. The molecule has 0 fully saturated rings. The largest absolute Gasteiger partial charge is 0.418 e. The van der Waals surface area contributed by atoms with E-state index in [1.807, 2.05) is 31.2 Å². The molecule has 0 amide bonds. The van der Waals surface area contributed by atoms with Gasteiger partial charge in [0, 0.05) is 0 Å². The molecule has 2 rings (SSSR count). The highest BCUT2D eigenvalue weighted by molar-refractivity contribution is 7.80. The monoisotopic (exact) mass is 337 g/mol. The van der Waals surface area contributed by atoms with Crippen molar-refractivity contribution in [3.8, 4) is 0 Å². The van der Waals surface area contributed by atoms with Gasteiger partial charge in [-0.1, -0.05) is 42.0 Å². The summed E-state index contributed by atoms with van der Waals surface area (Å²) < 4.78 is 38.6. The maximum Gasteiger partial charge on any atom is 0.418 e. The fourth-order valence-electron chi connectivity index (χ4n) is 1.81. The number of halogens is 3. The van der Waals surface area contributed by atoms with E-state index in [1.54, 1.807) is 0 Å². The molecule has 0 radical (unpaired) electrons. The lowest BCUT2D eigenvalue weighted by Crippen LogP contribution is -2.25. The molecule has 0 aliphatic heterocycles. The predicted octanol–water partition coefficient (Wildman–Crippen LogP) is 4.33. The molecule has 2 aromatic carbocycles. The Kier molecular flexibility index (Phi) is 5.33. The minimum absolute atomic E-state index is 0.0231. The first-order valence-corrected chi connectivity index (χ1v) is 7.10. The Balaban J connectivity index is 1.99. The Morgan fingerprint density at radius 2 is 1.74 bits per heavy atom. The standard InChI is InChI=1S/C16H14F3N3S/c1-11-6-8-12(9-7-11)10-20-22-15(23)21-14-5-3-2-4-13(14)16(17,18)19/h2-10H,1H3,(H2,21,22,23)/b20-10+. The van der Waals surface area contributed by atoms with E-state index in [2.05, 4.69) is 15.8 Å². The zero-order chi connectivity index (χ0) is 16.9. The van der Waals surface area contributed by atoms with E-state index < -0.39 is 11.7 Å². The van der Waals surface area contributed by atoms with Gasteiger partial charge in [-0.25, -0.2) is 0 Å². The zero-order valence-electron chi connectivity index (χ0n) is 12.2. The molecule has 0 aliphatic carbocycles. The van der Waals surface area contributed by atoms with Crippen molar-refractivity contribution in [1.82, 2.24) is 5.43 Å². The molecule has 2 N–H and O–H groups in total. The smallest absolute Gasteiger partial charge is 0.331 e. The summed E-state index contributed by atoms with van der Waals surface area (Å²) >= 11 is 4.95. The Morgan fingerprint density at radius 1 is 1.09 bits per heavy atom. The molecule has 0 unspecified atom stereocenters. The van der Waals surface area contributed by atoms with Crippen molar-refractivity contribution >= 4 is 29.2 Å². The normalized spacial score (nSPS) is 11.5. The van der Waals surface area contributed by atoms with E-state index in [4.69, 9.17) is 12.2 Å². The van der Waals surface area contributed by atoms with Crippen LogP contribution in [-0.4, -0.2) is 11.3 Å². The number of thiocarbonyl (C=S) groups is 1. The topological polar surface area (TPSA) is 36.4 Å². The number of nitrogens with one attached hydrogen (secondary N) is 2. The van der Waals surface area contributed by atoms with Crippen molar-refractivity contribution in [3.63, 3.8) is 0 Å². The van der Waals surface area contributed by atoms with Gasteiger partial charge in [0.15, 0.2) is 5.11 Å². The molecule has 0 atom stereocenters. The van der Waals surface area contributed by atoms with Gasteiger partial charge in [-0.15, -0.1) is 0 Å². The number of hydrogen-bond donors (Lipinski definition) is 2. The van der Waals surface area contributed by atoms with Crippen LogP contribution in [0.3, 0.4) is 0 Å². The summed E-state index contributed by atoms with van der Waals surface area (Å²) in [6.07, 6.45) is -2.92. The van der Waals surface area contributed by atoms with Crippen molar-refractivity contribution in [1.29, 1.82) is 0 Å². The first kappa shape index (κ1) is 17.0. The highest BCUT2D eigenvalue weighted by Crippen LogP contribution is 2.34. The number of para-hydroxylation sites is 1. The van der Waals surface area contributed by atoms with E-state index in [9.17, 15) is 13.2 Å². The van der Waals surface area contributed by atoms with Crippen LogP contribution in [0.4, 0.5) is 18.9 Å². The maximum atomic E-state index is 12.9. The number of aryl methyl sites for hydroxylation is 1. The third kappa shape index (κ3) is 5.07. The minimum Gasteiger partial charge on any atom is -0.331 e. The molecule has 0 spiro atoms. The number of hydrazone groups is 1. The number of benzene rings is 2. The summed E-state index contributed by atoms with van der Waals surface area (Å²) in [6.45, 7) is 1.97.